The van der Waals surface area contributed by atoms with Gasteiger partial charge in [0.05, 0.1) is 17.5 Å². The second kappa shape index (κ2) is 7.64. The van der Waals surface area contributed by atoms with E-state index in [4.69, 9.17) is 28.9 Å². The normalized spacial score (nSPS) is 14.3. The van der Waals surface area contributed by atoms with Crippen molar-refractivity contribution in [3.63, 3.8) is 0 Å². The molecule has 136 valence electrons. The van der Waals surface area contributed by atoms with Gasteiger partial charge < -0.3 is 0 Å². The van der Waals surface area contributed by atoms with Gasteiger partial charge in [0.15, 0.2) is 4.77 Å². The fraction of sp³-hybridized carbons (Fsp3) is 0.368. The van der Waals surface area contributed by atoms with Crippen molar-refractivity contribution in [2.45, 2.75) is 38.5 Å². The van der Waals surface area contributed by atoms with Gasteiger partial charge in [0.1, 0.15) is 5.82 Å². The molecule has 0 atom stereocenters. The summed E-state index contributed by atoms with van der Waals surface area (Å²) in [6.45, 7) is 2.30. The van der Waals surface area contributed by atoms with Crippen molar-refractivity contribution in [1.29, 1.82) is 0 Å². The van der Waals surface area contributed by atoms with Crippen LogP contribution in [-0.4, -0.2) is 26.3 Å². The third kappa shape index (κ3) is 4.09. The van der Waals surface area contributed by atoms with Crippen LogP contribution in [-0.2, 0) is 19.8 Å². The molecule has 7 heteroatoms. The van der Waals surface area contributed by atoms with Crippen LogP contribution in [0.25, 0.3) is 0 Å². The molecule has 4 nitrogen and oxygen atoms in total. The SMILES string of the molecule is CN(Cc1ccc(Cl)s1)Cn1nc(C2CC2)n(Cc2ccccc2)c1=S. The van der Waals surface area contributed by atoms with Crippen molar-refractivity contribution < 1.29 is 0 Å². The second-order valence-electron chi connectivity index (χ2n) is 6.85. The Morgan fingerprint density at radius 3 is 2.65 bits per heavy atom. The summed E-state index contributed by atoms with van der Waals surface area (Å²) in [6, 6.07) is 14.5. The molecule has 0 aliphatic heterocycles. The molecule has 1 aliphatic carbocycles. The first-order valence-corrected chi connectivity index (χ1v) is 10.3. The van der Waals surface area contributed by atoms with Crippen LogP contribution in [0.1, 0.15) is 35.0 Å². The number of rotatable bonds is 7. The van der Waals surface area contributed by atoms with Crippen molar-refractivity contribution in [3.8, 4) is 0 Å². The zero-order valence-corrected chi connectivity index (χ0v) is 17.0. The molecule has 0 spiro atoms. The number of halogens is 1. The first-order chi connectivity index (χ1) is 12.6. The average molecular weight is 405 g/mol. The summed E-state index contributed by atoms with van der Waals surface area (Å²) < 4.78 is 5.79. The first kappa shape index (κ1) is 17.9. The minimum absolute atomic E-state index is 0.558. The lowest BCUT2D eigenvalue weighted by Gasteiger charge is -2.15. The molecule has 3 aromatic rings. The Balaban J connectivity index is 1.54. The maximum absolute atomic E-state index is 6.03. The van der Waals surface area contributed by atoms with Crippen molar-refractivity contribution in [3.05, 3.63) is 67.8 Å². The maximum Gasteiger partial charge on any atom is 0.199 e. The van der Waals surface area contributed by atoms with Gasteiger partial charge in [-0.05, 0) is 49.8 Å². The van der Waals surface area contributed by atoms with E-state index in [2.05, 4.69) is 46.8 Å². The fourth-order valence-electron chi connectivity index (χ4n) is 3.09. The predicted molar refractivity (Wildman–Crippen MR) is 109 cm³/mol. The minimum atomic E-state index is 0.558. The highest BCUT2D eigenvalue weighted by molar-refractivity contribution is 7.71. The Hall–Kier alpha value is -1.47. The summed E-state index contributed by atoms with van der Waals surface area (Å²) in [7, 11) is 2.09. The lowest BCUT2D eigenvalue weighted by molar-refractivity contribution is 0.245. The van der Waals surface area contributed by atoms with Crippen molar-refractivity contribution in [2.75, 3.05) is 7.05 Å². The number of aromatic nitrogens is 3. The Bertz CT molecular complexity index is 940. The lowest BCUT2D eigenvalue weighted by atomic mass is 10.2. The Morgan fingerprint density at radius 2 is 2.00 bits per heavy atom. The molecule has 0 amide bonds. The van der Waals surface area contributed by atoms with E-state index in [1.807, 2.05) is 16.8 Å². The first-order valence-electron chi connectivity index (χ1n) is 8.74. The Kier molecular flexibility index (Phi) is 5.27. The third-order valence-electron chi connectivity index (χ3n) is 4.51. The van der Waals surface area contributed by atoms with Crippen LogP contribution in [0.2, 0.25) is 4.34 Å². The van der Waals surface area contributed by atoms with E-state index in [-0.39, 0.29) is 0 Å². The van der Waals surface area contributed by atoms with E-state index >= 15 is 0 Å². The number of benzene rings is 1. The van der Waals surface area contributed by atoms with E-state index in [0.29, 0.717) is 12.6 Å². The number of thiophene rings is 1. The zero-order valence-electron chi connectivity index (χ0n) is 14.6. The highest BCUT2D eigenvalue weighted by atomic mass is 35.5. The van der Waals surface area contributed by atoms with Crippen molar-refractivity contribution >= 4 is 35.2 Å². The standard InChI is InChI=1S/C19H21ClN4S2/c1-22(12-16-9-10-17(20)26-16)13-24-19(25)23(18(21-24)15-7-8-15)11-14-5-3-2-4-6-14/h2-6,9-10,15H,7-8,11-13H2,1H3. The summed E-state index contributed by atoms with van der Waals surface area (Å²) in [5.41, 5.74) is 1.26. The average Bonchev–Trinajstić information content (AvgIpc) is 3.33. The van der Waals surface area contributed by atoms with Crippen LogP contribution in [0.5, 0.6) is 0 Å². The van der Waals surface area contributed by atoms with Gasteiger partial charge in [0.2, 0.25) is 0 Å². The molecule has 2 aromatic heterocycles. The summed E-state index contributed by atoms with van der Waals surface area (Å²) in [5, 5.41) is 4.87. The number of hydrogen-bond acceptors (Lipinski definition) is 4. The highest BCUT2D eigenvalue weighted by Crippen LogP contribution is 2.39. The van der Waals surface area contributed by atoms with Gasteiger partial charge in [-0.2, -0.15) is 5.10 Å². The molecule has 0 radical (unpaired) electrons. The summed E-state index contributed by atoms with van der Waals surface area (Å²) in [6.07, 6.45) is 2.42. The molecule has 0 saturated heterocycles. The fourth-order valence-corrected chi connectivity index (χ4v) is 4.51. The molecule has 0 bridgehead atoms. The summed E-state index contributed by atoms with van der Waals surface area (Å²) >= 11 is 13.4. The molecule has 2 heterocycles. The number of hydrogen-bond donors (Lipinski definition) is 0. The molecule has 26 heavy (non-hydrogen) atoms. The predicted octanol–water partition coefficient (Wildman–Crippen LogP) is 5.14. The molecule has 0 unspecified atom stereocenters. The Labute approximate surface area is 167 Å². The smallest absolute Gasteiger partial charge is 0.199 e. The van der Waals surface area contributed by atoms with E-state index in [9.17, 15) is 0 Å². The van der Waals surface area contributed by atoms with Crippen molar-refractivity contribution in [2.24, 2.45) is 0 Å². The molecule has 1 fully saturated rings. The van der Waals surface area contributed by atoms with Gasteiger partial charge in [-0.3, -0.25) is 9.47 Å². The van der Waals surface area contributed by atoms with E-state index in [1.165, 1.54) is 23.3 Å². The highest BCUT2D eigenvalue weighted by Gasteiger charge is 2.30. The van der Waals surface area contributed by atoms with Crippen LogP contribution in [0, 0.1) is 4.77 Å². The summed E-state index contributed by atoms with van der Waals surface area (Å²) in [5.74, 6) is 1.69. The topological polar surface area (TPSA) is 26.0 Å². The van der Waals surface area contributed by atoms with Crippen LogP contribution < -0.4 is 0 Å². The Morgan fingerprint density at radius 1 is 1.23 bits per heavy atom. The van der Waals surface area contributed by atoms with E-state index in [1.54, 1.807) is 11.3 Å². The molecule has 1 saturated carbocycles. The minimum Gasteiger partial charge on any atom is -0.299 e. The lowest BCUT2D eigenvalue weighted by Crippen LogP contribution is -2.22. The van der Waals surface area contributed by atoms with Crippen LogP contribution in [0.15, 0.2) is 42.5 Å². The van der Waals surface area contributed by atoms with E-state index in [0.717, 1.165) is 28.0 Å². The van der Waals surface area contributed by atoms with Crippen LogP contribution >= 0.6 is 35.2 Å². The molecule has 4 rings (SSSR count). The van der Waals surface area contributed by atoms with Gasteiger partial charge in [-0.1, -0.05) is 41.9 Å². The van der Waals surface area contributed by atoms with Crippen LogP contribution in [0.3, 0.4) is 0 Å². The monoisotopic (exact) mass is 404 g/mol. The molecular formula is C19H21ClN4S2. The van der Waals surface area contributed by atoms with Crippen molar-refractivity contribution in [1.82, 2.24) is 19.2 Å². The van der Waals surface area contributed by atoms with Gasteiger partial charge >= 0.3 is 0 Å². The molecule has 0 N–H and O–H groups in total. The second-order valence-corrected chi connectivity index (χ2v) is 9.01. The molecule has 1 aromatic carbocycles. The summed E-state index contributed by atoms with van der Waals surface area (Å²) in [4.78, 5) is 3.46. The van der Waals surface area contributed by atoms with E-state index < -0.39 is 0 Å². The van der Waals surface area contributed by atoms with Gasteiger partial charge in [0.25, 0.3) is 0 Å². The largest absolute Gasteiger partial charge is 0.299 e. The molecular weight excluding hydrogens is 384 g/mol. The van der Waals surface area contributed by atoms with Gasteiger partial charge in [0, 0.05) is 17.3 Å². The van der Waals surface area contributed by atoms with Gasteiger partial charge in [-0.25, -0.2) is 4.68 Å². The number of nitrogens with zero attached hydrogens (tertiary/aromatic N) is 4. The van der Waals surface area contributed by atoms with Gasteiger partial charge in [-0.15, -0.1) is 11.3 Å². The van der Waals surface area contributed by atoms with Crippen LogP contribution in [0.4, 0.5) is 0 Å². The third-order valence-corrected chi connectivity index (χ3v) is 6.15. The zero-order chi connectivity index (χ0) is 18.1. The quantitative estimate of drug-likeness (QED) is 0.509. The maximum atomic E-state index is 6.03. The molecule has 1 aliphatic rings.